The molecule has 0 saturated heterocycles. The summed E-state index contributed by atoms with van der Waals surface area (Å²) in [6, 6.07) is 11.1. The van der Waals surface area contributed by atoms with Crippen LogP contribution >= 0.6 is 0 Å². The highest BCUT2D eigenvalue weighted by Crippen LogP contribution is 2.35. The quantitative estimate of drug-likeness (QED) is 0.316. The average Bonchev–Trinajstić information content (AvgIpc) is 3.32. The number of carbonyl (C=O) groups excluding carboxylic acids is 1. The second kappa shape index (κ2) is 10.2. The lowest BCUT2D eigenvalue weighted by Crippen LogP contribution is -2.22. The number of carbonyl (C=O) groups is 1. The summed E-state index contributed by atoms with van der Waals surface area (Å²) in [4.78, 5) is 21.0. The Balaban J connectivity index is 1.63. The molecule has 0 atom stereocenters. The molecule has 0 spiro atoms. The molecule has 0 bridgehead atoms. The molecule has 0 aliphatic rings. The van der Waals surface area contributed by atoms with Crippen molar-refractivity contribution in [3.8, 4) is 22.5 Å². The van der Waals surface area contributed by atoms with Crippen molar-refractivity contribution in [2.75, 3.05) is 22.1 Å². The van der Waals surface area contributed by atoms with Crippen LogP contribution in [0.1, 0.15) is 27.7 Å². The Morgan fingerprint density at radius 2 is 1.68 bits per heavy atom. The molecule has 2 amide bonds. The molecule has 2 aromatic heterocycles. The van der Waals surface area contributed by atoms with Gasteiger partial charge in [-0.15, -0.1) is 0 Å². The third-order valence-corrected chi connectivity index (χ3v) is 7.43. The molecule has 198 valence electrons. The molecule has 4 aromatic rings. The predicted octanol–water partition coefficient (Wildman–Crippen LogP) is 4.92. The molecule has 2 heterocycles. The van der Waals surface area contributed by atoms with E-state index in [0.29, 0.717) is 28.3 Å². The molecule has 12 heteroatoms. The summed E-state index contributed by atoms with van der Waals surface area (Å²) < 4.78 is 40.8. The first-order chi connectivity index (χ1) is 17.9. The third-order valence-electron chi connectivity index (χ3n) is 5.68. The van der Waals surface area contributed by atoms with Crippen molar-refractivity contribution in [1.29, 1.82) is 0 Å². The van der Waals surface area contributed by atoms with E-state index in [1.807, 2.05) is 20.8 Å². The van der Waals surface area contributed by atoms with E-state index in [1.54, 1.807) is 23.9 Å². The van der Waals surface area contributed by atoms with Gasteiger partial charge in [-0.1, -0.05) is 6.92 Å². The second-order valence-electron chi connectivity index (χ2n) is 9.51. The number of benzene rings is 2. The molecular weight excluding hydrogens is 509 g/mol. The summed E-state index contributed by atoms with van der Waals surface area (Å²) >= 11 is 0. The topological polar surface area (TPSA) is 145 Å². The molecule has 0 aliphatic carbocycles. The number of halogens is 1. The van der Waals surface area contributed by atoms with Gasteiger partial charge in [0.25, 0.3) is 0 Å². The fourth-order valence-electron chi connectivity index (χ4n) is 3.62. The van der Waals surface area contributed by atoms with Crippen LogP contribution < -0.4 is 16.4 Å². The molecule has 0 aliphatic heterocycles. The van der Waals surface area contributed by atoms with E-state index in [2.05, 4.69) is 25.7 Å². The molecule has 0 unspecified atom stereocenters. The first-order valence-electron chi connectivity index (χ1n) is 11.8. The van der Waals surface area contributed by atoms with Gasteiger partial charge in [0, 0.05) is 34.9 Å². The number of aromatic nitrogens is 4. The highest BCUT2D eigenvalue weighted by Gasteiger charge is 2.23. The number of hydrogen-bond acceptors (Lipinski definition) is 7. The smallest absolute Gasteiger partial charge is 0.323 e. The number of amides is 2. The number of nitrogens with one attached hydrogen (secondary N) is 2. The van der Waals surface area contributed by atoms with E-state index in [0.717, 1.165) is 0 Å². The SMILES string of the molecule is CCS(=O)(=O)c1ccc(NC(=O)Nc2ccc(F)c(-c3cn(C(C)(C)C)nc3-c3ccnc(N)n3)c2)cc1. The monoisotopic (exact) mass is 537 g/mol. The van der Waals surface area contributed by atoms with Crippen LogP contribution in [0.15, 0.2) is 65.8 Å². The van der Waals surface area contributed by atoms with Crippen LogP contribution in [-0.4, -0.2) is 40.0 Å². The minimum atomic E-state index is -3.35. The molecule has 0 radical (unpaired) electrons. The fraction of sp³-hybridized carbons (Fsp3) is 0.231. The summed E-state index contributed by atoms with van der Waals surface area (Å²) in [5.41, 5.74) is 7.62. The van der Waals surface area contributed by atoms with Gasteiger partial charge in [-0.2, -0.15) is 5.10 Å². The van der Waals surface area contributed by atoms with Crippen molar-refractivity contribution in [3.05, 3.63) is 66.7 Å². The van der Waals surface area contributed by atoms with Gasteiger partial charge in [0.05, 0.1) is 21.9 Å². The van der Waals surface area contributed by atoms with Gasteiger partial charge in [-0.3, -0.25) is 4.68 Å². The van der Waals surface area contributed by atoms with Gasteiger partial charge < -0.3 is 16.4 Å². The number of hydrogen-bond donors (Lipinski definition) is 3. The van der Waals surface area contributed by atoms with Crippen LogP contribution in [0.2, 0.25) is 0 Å². The van der Waals surface area contributed by atoms with Gasteiger partial charge in [-0.05, 0) is 69.3 Å². The van der Waals surface area contributed by atoms with Crippen LogP contribution in [0.5, 0.6) is 0 Å². The standard InChI is InChI=1S/C26H28FN7O3S/c1-5-38(36,37)18-9-6-16(7-10-18)30-25(35)31-17-8-11-21(27)19(14-17)20-15-34(26(2,3)4)33-23(20)22-12-13-29-24(28)32-22/h6-15H,5H2,1-4H3,(H2,28,29,32)(H2,30,31,35). The number of nitrogens with zero attached hydrogens (tertiary/aromatic N) is 4. The number of nitrogens with two attached hydrogens (primary N) is 1. The van der Waals surface area contributed by atoms with Crippen molar-refractivity contribution < 1.29 is 17.6 Å². The molecular formula is C26H28FN7O3S. The third kappa shape index (κ3) is 5.80. The van der Waals surface area contributed by atoms with E-state index in [9.17, 15) is 13.2 Å². The first kappa shape index (κ1) is 26.7. The van der Waals surface area contributed by atoms with Crippen LogP contribution in [0, 0.1) is 5.82 Å². The van der Waals surface area contributed by atoms with E-state index in [4.69, 9.17) is 5.73 Å². The lowest BCUT2D eigenvalue weighted by Gasteiger charge is -2.18. The number of sulfone groups is 1. The second-order valence-corrected chi connectivity index (χ2v) is 11.8. The highest BCUT2D eigenvalue weighted by molar-refractivity contribution is 7.91. The van der Waals surface area contributed by atoms with Gasteiger partial charge in [0.1, 0.15) is 11.5 Å². The summed E-state index contributed by atoms with van der Waals surface area (Å²) in [5.74, 6) is -0.471. The Hall–Kier alpha value is -4.32. The predicted molar refractivity (Wildman–Crippen MR) is 145 cm³/mol. The van der Waals surface area contributed by atoms with E-state index in [-0.39, 0.29) is 22.2 Å². The molecule has 0 fully saturated rings. The Labute approximate surface area is 220 Å². The van der Waals surface area contributed by atoms with Gasteiger partial charge >= 0.3 is 6.03 Å². The zero-order valence-corrected chi connectivity index (χ0v) is 22.2. The maximum atomic E-state index is 15.1. The lowest BCUT2D eigenvalue weighted by atomic mass is 10.0. The number of nitrogen functional groups attached to an aromatic ring is 1. The van der Waals surface area contributed by atoms with Crippen LogP contribution in [0.3, 0.4) is 0 Å². The zero-order chi connectivity index (χ0) is 27.7. The summed E-state index contributed by atoms with van der Waals surface area (Å²) in [7, 11) is -3.35. The number of urea groups is 1. The minimum absolute atomic E-state index is 0.0197. The average molecular weight is 538 g/mol. The fourth-order valence-corrected chi connectivity index (χ4v) is 4.51. The van der Waals surface area contributed by atoms with E-state index >= 15 is 4.39 Å². The Morgan fingerprint density at radius 1 is 1.03 bits per heavy atom. The van der Waals surface area contributed by atoms with Gasteiger partial charge in [-0.25, -0.2) is 27.6 Å². The summed E-state index contributed by atoms with van der Waals surface area (Å²) in [6.07, 6.45) is 3.22. The van der Waals surface area contributed by atoms with Crippen LogP contribution in [-0.2, 0) is 15.4 Å². The zero-order valence-electron chi connectivity index (χ0n) is 21.4. The number of rotatable bonds is 6. The largest absolute Gasteiger partial charge is 0.368 e. The highest BCUT2D eigenvalue weighted by atomic mass is 32.2. The van der Waals surface area contributed by atoms with Gasteiger partial charge in [0.15, 0.2) is 9.84 Å². The maximum Gasteiger partial charge on any atom is 0.323 e. The first-order valence-corrected chi connectivity index (χ1v) is 13.4. The molecule has 2 aromatic carbocycles. The van der Waals surface area contributed by atoms with Crippen molar-refractivity contribution in [3.63, 3.8) is 0 Å². The van der Waals surface area contributed by atoms with Crippen molar-refractivity contribution in [2.45, 2.75) is 38.1 Å². The summed E-state index contributed by atoms with van der Waals surface area (Å²) in [6.45, 7) is 7.45. The van der Waals surface area contributed by atoms with Crippen molar-refractivity contribution in [2.24, 2.45) is 0 Å². The van der Waals surface area contributed by atoms with Gasteiger partial charge in [0.2, 0.25) is 5.95 Å². The molecule has 38 heavy (non-hydrogen) atoms. The van der Waals surface area contributed by atoms with E-state index < -0.39 is 27.2 Å². The Bertz CT molecular complexity index is 1590. The van der Waals surface area contributed by atoms with Crippen LogP contribution in [0.4, 0.5) is 26.5 Å². The van der Waals surface area contributed by atoms with Crippen molar-refractivity contribution in [1.82, 2.24) is 19.7 Å². The van der Waals surface area contributed by atoms with E-state index in [1.165, 1.54) is 48.7 Å². The number of anilines is 3. The molecule has 4 rings (SSSR count). The Kier molecular flexibility index (Phi) is 7.18. The maximum absolute atomic E-state index is 15.1. The molecule has 10 nitrogen and oxygen atoms in total. The van der Waals surface area contributed by atoms with Crippen LogP contribution in [0.25, 0.3) is 22.5 Å². The Morgan fingerprint density at radius 3 is 2.32 bits per heavy atom. The summed E-state index contributed by atoms with van der Waals surface area (Å²) in [5, 5.41) is 9.97. The molecule has 0 saturated carbocycles. The normalized spacial score (nSPS) is 11.8. The lowest BCUT2D eigenvalue weighted by molar-refractivity contribution is 0.262. The van der Waals surface area contributed by atoms with Crippen molar-refractivity contribution >= 4 is 33.2 Å². The molecule has 4 N–H and O–H groups in total. The minimum Gasteiger partial charge on any atom is -0.368 e.